The summed E-state index contributed by atoms with van der Waals surface area (Å²) in [5, 5.41) is 13.5. The van der Waals surface area contributed by atoms with Crippen LogP contribution >= 0.6 is 24.0 Å². The molecule has 9 heteroatoms. The second kappa shape index (κ2) is 9.26. The minimum Gasteiger partial charge on any atom is -0.319 e. The third-order valence-electron chi connectivity index (χ3n) is 3.89. The van der Waals surface area contributed by atoms with Crippen molar-refractivity contribution in [3.8, 4) is 0 Å². The maximum atomic E-state index is 12.5. The van der Waals surface area contributed by atoms with E-state index in [-0.39, 0.29) is 28.1 Å². The number of nitro groups is 1. The number of nitro benzene ring substituents is 1. The first-order valence-electron chi connectivity index (χ1n) is 8.46. The summed E-state index contributed by atoms with van der Waals surface area (Å²) in [6.07, 6.45) is 5.25. The van der Waals surface area contributed by atoms with E-state index in [9.17, 15) is 19.7 Å². The fourth-order valence-electron chi connectivity index (χ4n) is 2.53. The van der Waals surface area contributed by atoms with Crippen molar-refractivity contribution in [3.05, 3.63) is 87.3 Å². The van der Waals surface area contributed by atoms with E-state index in [1.54, 1.807) is 18.2 Å². The normalized spacial score (nSPS) is 15.3. The summed E-state index contributed by atoms with van der Waals surface area (Å²) >= 11 is 6.31. The average Bonchev–Trinajstić information content (AvgIpc) is 2.96. The van der Waals surface area contributed by atoms with Crippen molar-refractivity contribution >= 4 is 57.6 Å². The van der Waals surface area contributed by atoms with Crippen molar-refractivity contribution in [1.82, 2.24) is 4.90 Å². The molecule has 1 saturated heterocycles. The van der Waals surface area contributed by atoms with Crippen molar-refractivity contribution < 1.29 is 14.5 Å². The van der Waals surface area contributed by atoms with Crippen LogP contribution < -0.4 is 5.32 Å². The predicted octanol–water partition coefficient (Wildman–Crippen LogP) is 3.99. The van der Waals surface area contributed by atoms with E-state index in [1.165, 1.54) is 23.1 Å². The van der Waals surface area contributed by atoms with Gasteiger partial charge in [-0.2, -0.15) is 0 Å². The van der Waals surface area contributed by atoms with E-state index in [2.05, 4.69) is 5.32 Å². The number of thiocarbonyl (C=S) groups is 1. The van der Waals surface area contributed by atoms with Gasteiger partial charge in [0, 0.05) is 6.07 Å². The number of anilines is 1. The van der Waals surface area contributed by atoms with Gasteiger partial charge in [-0.15, -0.1) is 0 Å². The van der Waals surface area contributed by atoms with Gasteiger partial charge in [0.2, 0.25) is 5.91 Å². The second-order valence-corrected chi connectivity index (χ2v) is 7.56. The Balaban J connectivity index is 1.66. The molecule has 2 aromatic rings. The molecule has 0 bridgehead atoms. The zero-order valence-corrected chi connectivity index (χ0v) is 16.6. The second-order valence-electron chi connectivity index (χ2n) is 5.88. The number of hydrogen-bond acceptors (Lipinski definition) is 6. The van der Waals surface area contributed by atoms with Gasteiger partial charge in [0.25, 0.3) is 11.6 Å². The van der Waals surface area contributed by atoms with Crippen LogP contribution in [-0.2, 0) is 9.59 Å². The molecule has 1 aliphatic rings. The van der Waals surface area contributed by atoms with Crippen LogP contribution in [-0.4, -0.2) is 32.5 Å². The standard InChI is InChI=1S/C20H15N3O4S2/c24-18(21-15-10-4-5-11-16(15)23(26)27)13-22-19(25)17(29-20(22)28)12-6-9-14-7-2-1-3-8-14/h1-12H,13H2,(H,21,24)/b9-6+,17-12-. The number of benzene rings is 2. The topological polar surface area (TPSA) is 92.6 Å². The van der Waals surface area contributed by atoms with Gasteiger partial charge < -0.3 is 5.32 Å². The summed E-state index contributed by atoms with van der Waals surface area (Å²) < 4.78 is 0.257. The number of para-hydroxylation sites is 2. The van der Waals surface area contributed by atoms with Crippen LogP contribution in [0.25, 0.3) is 6.08 Å². The van der Waals surface area contributed by atoms with Crippen LogP contribution in [0.5, 0.6) is 0 Å². The quantitative estimate of drug-likeness (QED) is 0.326. The fourth-order valence-corrected chi connectivity index (χ4v) is 3.74. The van der Waals surface area contributed by atoms with Crippen LogP contribution in [0.2, 0.25) is 0 Å². The van der Waals surface area contributed by atoms with Gasteiger partial charge >= 0.3 is 0 Å². The van der Waals surface area contributed by atoms with Gasteiger partial charge in [-0.25, -0.2) is 0 Å². The smallest absolute Gasteiger partial charge is 0.292 e. The molecule has 0 radical (unpaired) electrons. The van der Waals surface area contributed by atoms with Crippen LogP contribution in [0.4, 0.5) is 11.4 Å². The first-order valence-corrected chi connectivity index (χ1v) is 9.68. The number of allylic oxidation sites excluding steroid dienone is 2. The molecule has 2 amide bonds. The molecule has 0 unspecified atom stereocenters. The Labute approximate surface area is 176 Å². The highest BCUT2D eigenvalue weighted by atomic mass is 32.2. The summed E-state index contributed by atoms with van der Waals surface area (Å²) in [5.41, 5.74) is 0.828. The minimum absolute atomic E-state index is 0.0641. The molecular formula is C20H15N3O4S2. The Morgan fingerprint density at radius 2 is 1.86 bits per heavy atom. The predicted molar refractivity (Wildman–Crippen MR) is 117 cm³/mol. The highest BCUT2D eigenvalue weighted by Gasteiger charge is 2.33. The number of carbonyl (C=O) groups excluding carboxylic acids is 2. The van der Waals surface area contributed by atoms with Crippen molar-refractivity contribution in [2.24, 2.45) is 0 Å². The van der Waals surface area contributed by atoms with Crippen LogP contribution in [0, 0.1) is 10.1 Å². The van der Waals surface area contributed by atoms with Gasteiger partial charge in [0.05, 0.1) is 9.83 Å². The lowest BCUT2D eigenvalue weighted by molar-refractivity contribution is -0.383. The lowest BCUT2D eigenvalue weighted by Crippen LogP contribution is -2.36. The first-order chi connectivity index (χ1) is 14.0. The fraction of sp³-hybridized carbons (Fsp3) is 0.0500. The molecule has 146 valence electrons. The Kier molecular flexibility index (Phi) is 6.53. The number of nitrogens with zero attached hydrogens (tertiary/aromatic N) is 2. The molecule has 1 fully saturated rings. The van der Waals surface area contributed by atoms with Gasteiger partial charge in [-0.1, -0.05) is 78.6 Å². The molecular weight excluding hydrogens is 410 g/mol. The van der Waals surface area contributed by atoms with Gasteiger partial charge in [0.15, 0.2) is 0 Å². The Hall–Kier alpha value is -3.30. The molecule has 0 saturated carbocycles. The number of nitrogens with one attached hydrogen (secondary N) is 1. The number of thioether (sulfide) groups is 1. The van der Waals surface area contributed by atoms with E-state index in [0.29, 0.717) is 4.91 Å². The number of rotatable bonds is 6. The van der Waals surface area contributed by atoms with Gasteiger partial charge in [-0.3, -0.25) is 24.6 Å². The molecule has 2 aromatic carbocycles. The van der Waals surface area contributed by atoms with Crippen LogP contribution in [0.15, 0.2) is 71.7 Å². The molecule has 29 heavy (non-hydrogen) atoms. The van der Waals surface area contributed by atoms with E-state index < -0.39 is 10.8 Å². The van der Waals surface area contributed by atoms with E-state index in [0.717, 1.165) is 17.3 Å². The molecule has 1 heterocycles. The van der Waals surface area contributed by atoms with E-state index >= 15 is 0 Å². The number of amides is 2. The van der Waals surface area contributed by atoms with E-state index in [4.69, 9.17) is 12.2 Å². The van der Waals surface area contributed by atoms with Crippen molar-refractivity contribution in [2.75, 3.05) is 11.9 Å². The maximum absolute atomic E-state index is 12.5. The largest absolute Gasteiger partial charge is 0.319 e. The van der Waals surface area contributed by atoms with Crippen molar-refractivity contribution in [1.29, 1.82) is 0 Å². The summed E-state index contributed by atoms with van der Waals surface area (Å²) in [7, 11) is 0. The lowest BCUT2D eigenvalue weighted by Gasteiger charge is -2.14. The first kappa shape index (κ1) is 20.4. The summed E-state index contributed by atoms with van der Waals surface area (Å²) in [6, 6.07) is 15.4. The zero-order chi connectivity index (χ0) is 20.8. The Morgan fingerprint density at radius 3 is 2.59 bits per heavy atom. The molecule has 0 spiro atoms. The highest BCUT2D eigenvalue weighted by molar-refractivity contribution is 8.26. The zero-order valence-electron chi connectivity index (χ0n) is 15.0. The molecule has 0 aliphatic carbocycles. The number of hydrogen-bond donors (Lipinski definition) is 1. The van der Waals surface area contributed by atoms with Gasteiger partial charge in [0.1, 0.15) is 16.6 Å². The average molecular weight is 425 g/mol. The van der Waals surface area contributed by atoms with E-state index in [1.807, 2.05) is 36.4 Å². The van der Waals surface area contributed by atoms with Gasteiger partial charge in [-0.05, 0) is 17.7 Å². The molecule has 1 aliphatic heterocycles. The SMILES string of the molecule is O=C(CN1C(=O)/C(=C/C=C/c2ccccc2)SC1=S)Nc1ccccc1[N+](=O)[O-]. The third kappa shape index (κ3) is 5.15. The number of carbonyl (C=O) groups is 2. The Morgan fingerprint density at radius 1 is 1.17 bits per heavy atom. The lowest BCUT2D eigenvalue weighted by atomic mass is 10.2. The molecule has 1 N–H and O–H groups in total. The summed E-state index contributed by atoms with van der Waals surface area (Å²) in [4.78, 5) is 36.9. The van der Waals surface area contributed by atoms with Crippen LogP contribution in [0.3, 0.4) is 0 Å². The van der Waals surface area contributed by atoms with Crippen LogP contribution in [0.1, 0.15) is 5.56 Å². The Bertz CT molecular complexity index is 1040. The summed E-state index contributed by atoms with van der Waals surface area (Å²) in [5.74, 6) is -0.952. The van der Waals surface area contributed by atoms with Crippen molar-refractivity contribution in [3.63, 3.8) is 0 Å². The van der Waals surface area contributed by atoms with Crippen molar-refractivity contribution in [2.45, 2.75) is 0 Å². The summed E-state index contributed by atoms with van der Waals surface area (Å²) in [6.45, 7) is -0.323. The molecule has 3 rings (SSSR count). The third-order valence-corrected chi connectivity index (χ3v) is 5.28. The minimum atomic E-state index is -0.586. The molecule has 7 nitrogen and oxygen atoms in total. The molecule has 0 aromatic heterocycles. The highest BCUT2D eigenvalue weighted by Crippen LogP contribution is 2.31. The maximum Gasteiger partial charge on any atom is 0.292 e. The monoisotopic (exact) mass is 425 g/mol. The molecule has 0 atom stereocenters.